The van der Waals surface area contributed by atoms with E-state index in [1.807, 2.05) is 25.7 Å². The predicted octanol–water partition coefficient (Wildman–Crippen LogP) is 3.10. The van der Waals surface area contributed by atoms with Gasteiger partial charge in [-0.15, -0.1) is 0 Å². The van der Waals surface area contributed by atoms with E-state index in [9.17, 15) is 14.0 Å². The second kappa shape index (κ2) is 9.38. The smallest absolute Gasteiger partial charge is 0.391 e. The van der Waals surface area contributed by atoms with Crippen molar-refractivity contribution in [3.63, 3.8) is 0 Å². The summed E-state index contributed by atoms with van der Waals surface area (Å²) in [5.74, 6) is 0.396. The minimum atomic E-state index is -0.514. The van der Waals surface area contributed by atoms with Gasteiger partial charge in [0.05, 0.1) is 18.1 Å². The number of pyridine rings is 2. The zero-order valence-electron chi connectivity index (χ0n) is 17.6. The first-order valence-electron chi connectivity index (χ1n) is 9.73. The van der Waals surface area contributed by atoms with Crippen LogP contribution >= 0.6 is 12.8 Å². The lowest BCUT2D eigenvalue weighted by molar-refractivity contribution is 0.147. The first-order valence-corrected chi connectivity index (χ1v) is 10.1. The van der Waals surface area contributed by atoms with E-state index < -0.39 is 17.7 Å². The number of urea groups is 1. The van der Waals surface area contributed by atoms with E-state index in [0.29, 0.717) is 37.7 Å². The second-order valence-corrected chi connectivity index (χ2v) is 8.42. The fourth-order valence-corrected chi connectivity index (χ4v) is 3.04. The molecule has 166 valence electrons. The summed E-state index contributed by atoms with van der Waals surface area (Å²) in [5.41, 5.74) is 0.0304. The number of ether oxygens (including phenoxy) is 1. The Balaban J connectivity index is 1.52. The number of carbonyl (C=O) groups is 2. The highest BCUT2D eigenvalue weighted by Gasteiger charge is 2.24. The molecule has 0 bridgehead atoms. The zero-order chi connectivity index (χ0) is 22.6. The van der Waals surface area contributed by atoms with E-state index in [1.165, 1.54) is 24.5 Å². The van der Waals surface area contributed by atoms with E-state index in [-0.39, 0.29) is 11.7 Å². The molecule has 1 saturated heterocycles. The molecule has 0 aromatic carbocycles. The van der Waals surface area contributed by atoms with Gasteiger partial charge in [-0.25, -0.2) is 28.3 Å². The van der Waals surface area contributed by atoms with Gasteiger partial charge in [0.25, 0.3) is 0 Å². The number of nitrogens with one attached hydrogen (secondary N) is 1. The Labute approximate surface area is 185 Å². The molecule has 0 atom stereocenters. The summed E-state index contributed by atoms with van der Waals surface area (Å²) >= 11 is 4.19. The third kappa shape index (κ3) is 6.20. The lowest BCUT2D eigenvalue weighted by atomic mass is 10.1. The summed E-state index contributed by atoms with van der Waals surface area (Å²) in [6.45, 7) is 7.58. The van der Waals surface area contributed by atoms with Crippen LogP contribution in [0.5, 0.6) is 5.88 Å². The van der Waals surface area contributed by atoms with Crippen molar-refractivity contribution in [2.75, 3.05) is 35.4 Å². The van der Waals surface area contributed by atoms with Crippen LogP contribution < -0.4 is 19.3 Å². The maximum absolute atomic E-state index is 13.0. The van der Waals surface area contributed by atoms with Gasteiger partial charge in [-0.05, 0) is 39.0 Å². The standard InChI is InChI=1S/C20H25FN6O3S/c1-20(2,3)24-18(28)27(31)15-5-7-17(23-13-15)30-19(29)26-10-8-25(9-11-26)16-6-4-14(21)12-22-16/h4-7,12-13,31H,8-11H2,1-3H3,(H,24,28). The van der Waals surface area contributed by atoms with Crippen LogP contribution in [0, 0.1) is 5.82 Å². The summed E-state index contributed by atoms with van der Waals surface area (Å²) < 4.78 is 19.5. The molecule has 0 saturated carbocycles. The monoisotopic (exact) mass is 448 g/mol. The van der Waals surface area contributed by atoms with Crippen molar-refractivity contribution < 1.29 is 18.7 Å². The van der Waals surface area contributed by atoms with Crippen LogP contribution in [0.15, 0.2) is 36.7 Å². The predicted molar refractivity (Wildman–Crippen MR) is 118 cm³/mol. The minimum Gasteiger partial charge on any atom is -0.391 e. The third-order valence-corrected chi connectivity index (χ3v) is 4.82. The van der Waals surface area contributed by atoms with Crippen molar-refractivity contribution in [2.45, 2.75) is 26.3 Å². The van der Waals surface area contributed by atoms with Gasteiger partial charge < -0.3 is 19.9 Å². The highest BCUT2D eigenvalue weighted by Crippen LogP contribution is 2.20. The van der Waals surface area contributed by atoms with Crippen LogP contribution in [-0.2, 0) is 0 Å². The number of thiol groups is 1. The largest absolute Gasteiger partial charge is 0.416 e. The van der Waals surface area contributed by atoms with Crippen LogP contribution in [-0.4, -0.2) is 58.7 Å². The first kappa shape index (κ1) is 22.6. The molecule has 11 heteroatoms. The van der Waals surface area contributed by atoms with Crippen LogP contribution in [0.25, 0.3) is 0 Å². The number of halogens is 1. The molecule has 9 nitrogen and oxygen atoms in total. The van der Waals surface area contributed by atoms with Crippen molar-refractivity contribution in [3.8, 4) is 5.88 Å². The molecule has 1 aliphatic heterocycles. The number of anilines is 2. The highest BCUT2D eigenvalue weighted by atomic mass is 32.1. The molecule has 0 unspecified atom stereocenters. The van der Waals surface area contributed by atoms with Crippen molar-refractivity contribution in [2.24, 2.45) is 0 Å². The Morgan fingerprint density at radius 1 is 1.10 bits per heavy atom. The Morgan fingerprint density at radius 3 is 2.35 bits per heavy atom. The molecule has 1 aliphatic rings. The molecular weight excluding hydrogens is 423 g/mol. The third-order valence-electron chi connectivity index (χ3n) is 4.41. The van der Waals surface area contributed by atoms with Crippen LogP contribution in [0.2, 0.25) is 0 Å². The van der Waals surface area contributed by atoms with Crippen LogP contribution in [0.4, 0.5) is 25.5 Å². The molecule has 1 N–H and O–H groups in total. The lowest BCUT2D eigenvalue weighted by Gasteiger charge is -2.34. The molecule has 0 spiro atoms. The van der Waals surface area contributed by atoms with Gasteiger partial charge in [0.15, 0.2) is 0 Å². The van der Waals surface area contributed by atoms with Gasteiger partial charge in [0.1, 0.15) is 11.6 Å². The summed E-state index contributed by atoms with van der Waals surface area (Å²) in [7, 11) is 0. The van der Waals surface area contributed by atoms with Crippen molar-refractivity contribution in [3.05, 3.63) is 42.5 Å². The van der Waals surface area contributed by atoms with Gasteiger partial charge in [0.2, 0.25) is 5.88 Å². The number of hydrogen-bond acceptors (Lipinski definition) is 7. The molecule has 0 radical (unpaired) electrons. The Bertz CT molecular complexity index is 912. The number of carbonyl (C=O) groups excluding carboxylic acids is 2. The summed E-state index contributed by atoms with van der Waals surface area (Å²) in [5, 5.41) is 2.79. The van der Waals surface area contributed by atoms with Crippen LogP contribution in [0.1, 0.15) is 20.8 Å². The Morgan fingerprint density at radius 2 is 1.81 bits per heavy atom. The van der Waals surface area contributed by atoms with E-state index >= 15 is 0 Å². The zero-order valence-corrected chi connectivity index (χ0v) is 18.5. The molecule has 3 heterocycles. The van der Waals surface area contributed by atoms with Gasteiger partial charge in [0, 0.05) is 37.8 Å². The van der Waals surface area contributed by atoms with Gasteiger partial charge >= 0.3 is 12.1 Å². The van der Waals surface area contributed by atoms with Gasteiger partial charge in [-0.1, -0.05) is 12.8 Å². The van der Waals surface area contributed by atoms with Crippen molar-refractivity contribution in [1.82, 2.24) is 20.2 Å². The quantitative estimate of drug-likeness (QED) is 0.702. The van der Waals surface area contributed by atoms with Gasteiger partial charge in [-0.2, -0.15) is 0 Å². The number of rotatable bonds is 3. The summed E-state index contributed by atoms with van der Waals surface area (Å²) in [4.78, 5) is 36.3. The fourth-order valence-electron chi connectivity index (χ4n) is 2.88. The number of piperazine rings is 1. The SMILES string of the molecule is CC(C)(C)NC(=O)N(S)c1ccc(OC(=O)N2CCN(c3ccc(F)cn3)CC2)nc1. The fraction of sp³-hybridized carbons (Fsp3) is 0.400. The first-order chi connectivity index (χ1) is 14.6. The Kier molecular flexibility index (Phi) is 6.84. The van der Waals surface area contributed by atoms with Crippen molar-refractivity contribution >= 4 is 36.4 Å². The molecule has 2 aromatic heterocycles. The van der Waals surface area contributed by atoms with Crippen molar-refractivity contribution in [1.29, 1.82) is 0 Å². The normalized spacial score (nSPS) is 14.2. The maximum atomic E-state index is 13.0. The lowest BCUT2D eigenvalue weighted by Crippen LogP contribution is -2.49. The van der Waals surface area contributed by atoms with E-state index in [0.717, 1.165) is 4.31 Å². The molecule has 2 aromatic rings. The Hall–Kier alpha value is -3.08. The highest BCUT2D eigenvalue weighted by molar-refractivity contribution is 7.82. The molecular formula is C20H25FN6O3S. The van der Waals surface area contributed by atoms with Crippen LogP contribution in [0.3, 0.4) is 0 Å². The molecule has 31 heavy (non-hydrogen) atoms. The topological polar surface area (TPSA) is 90.9 Å². The number of nitrogens with zero attached hydrogens (tertiary/aromatic N) is 5. The van der Waals surface area contributed by atoms with E-state index in [4.69, 9.17) is 4.74 Å². The van der Waals surface area contributed by atoms with E-state index in [2.05, 4.69) is 28.1 Å². The number of hydrogen-bond donors (Lipinski definition) is 2. The molecule has 1 fully saturated rings. The number of amides is 3. The summed E-state index contributed by atoms with van der Waals surface area (Å²) in [6.07, 6.45) is 2.06. The maximum Gasteiger partial charge on any atom is 0.416 e. The summed E-state index contributed by atoms with van der Waals surface area (Å²) in [6, 6.07) is 5.66. The number of aromatic nitrogens is 2. The molecule has 3 rings (SSSR count). The molecule has 0 aliphatic carbocycles. The van der Waals surface area contributed by atoms with E-state index in [1.54, 1.807) is 17.0 Å². The minimum absolute atomic E-state index is 0.120. The molecule has 3 amide bonds. The second-order valence-electron chi connectivity index (χ2n) is 8.02. The van der Waals surface area contributed by atoms with Gasteiger partial charge in [-0.3, -0.25) is 0 Å². The average molecular weight is 449 g/mol. The average Bonchev–Trinajstić information content (AvgIpc) is 2.73.